The van der Waals surface area contributed by atoms with Gasteiger partial charge in [-0.15, -0.1) is 0 Å². The number of carbonyl (C=O) groups excluding carboxylic acids is 1. The summed E-state index contributed by atoms with van der Waals surface area (Å²) in [4.78, 5) is 12.9. The fourth-order valence-corrected chi connectivity index (χ4v) is 5.09. The third-order valence-corrected chi connectivity index (χ3v) is 7.04. The first-order valence-electron chi connectivity index (χ1n) is 10.1. The molecular weight excluding hydrogens is 420 g/mol. The van der Waals surface area contributed by atoms with Crippen LogP contribution in [0.15, 0.2) is 47.4 Å². The van der Waals surface area contributed by atoms with Crippen LogP contribution in [0.3, 0.4) is 0 Å². The molecule has 0 aromatic heterocycles. The third kappa shape index (κ3) is 5.29. The standard InChI is InChI=1S/C22H28N2O6S/c1-4-30-18-9-7-17(8-10-18)23-22(25)16-6-5-13-24(15-16)31(26,27)19-11-12-20(28-2)21(14-19)29-3/h7-12,14,16H,4-6,13,15H2,1-3H3,(H,23,25)/t16-/m1/s1. The molecule has 1 saturated heterocycles. The first kappa shape index (κ1) is 22.9. The number of piperidine rings is 1. The molecule has 0 aliphatic carbocycles. The lowest BCUT2D eigenvalue weighted by Crippen LogP contribution is -2.43. The minimum absolute atomic E-state index is 0.109. The van der Waals surface area contributed by atoms with Gasteiger partial charge in [-0.05, 0) is 56.2 Å². The Morgan fingerprint density at radius 3 is 2.45 bits per heavy atom. The maximum absolute atomic E-state index is 13.2. The highest BCUT2D eigenvalue weighted by Gasteiger charge is 2.33. The zero-order valence-corrected chi connectivity index (χ0v) is 18.8. The van der Waals surface area contributed by atoms with Crippen molar-refractivity contribution in [3.8, 4) is 17.2 Å². The number of anilines is 1. The highest BCUT2D eigenvalue weighted by Crippen LogP contribution is 2.32. The minimum Gasteiger partial charge on any atom is -0.494 e. The smallest absolute Gasteiger partial charge is 0.243 e. The average Bonchev–Trinajstić information content (AvgIpc) is 2.80. The first-order chi connectivity index (χ1) is 14.9. The molecule has 1 N–H and O–H groups in total. The average molecular weight is 449 g/mol. The van der Waals surface area contributed by atoms with Crippen LogP contribution in [0.4, 0.5) is 5.69 Å². The quantitative estimate of drug-likeness (QED) is 0.667. The van der Waals surface area contributed by atoms with E-state index < -0.39 is 15.9 Å². The van der Waals surface area contributed by atoms with Crippen molar-refractivity contribution in [1.29, 1.82) is 0 Å². The summed E-state index contributed by atoms with van der Waals surface area (Å²) in [6.07, 6.45) is 1.23. The number of nitrogens with zero attached hydrogens (tertiary/aromatic N) is 1. The van der Waals surface area contributed by atoms with Crippen LogP contribution < -0.4 is 19.5 Å². The second-order valence-corrected chi connectivity index (χ2v) is 9.10. The van der Waals surface area contributed by atoms with Gasteiger partial charge in [0.1, 0.15) is 5.75 Å². The Balaban J connectivity index is 1.71. The summed E-state index contributed by atoms with van der Waals surface area (Å²) in [5.74, 6) is 0.884. The van der Waals surface area contributed by atoms with E-state index in [-0.39, 0.29) is 17.3 Å². The highest BCUT2D eigenvalue weighted by atomic mass is 32.2. The number of ether oxygens (including phenoxy) is 3. The Morgan fingerprint density at radius 1 is 1.10 bits per heavy atom. The van der Waals surface area contributed by atoms with Gasteiger partial charge >= 0.3 is 0 Å². The molecule has 1 amide bonds. The summed E-state index contributed by atoms with van der Waals surface area (Å²) in [6, 6.07) is 11.6. The van der Waals surface area contributed by atoms with Crippen LogP contribution >= 0.6 is 0 Å². The van der Waals surface area contributed by atoms with Crippen molar-refractivity contribution in [3.63, 3.8) is 0 Å². The predicted molar refractivity (Wildman–Crippen MR) is 117 cm³/mol. The van der Waals surface area contributed by atoms with Crippen LogP contribution in [0, 0.1) is 5.92 Å². The molecule has 9 heteroatoms. The molecule has 0 saturated carbocycles. The van der Waals surface area contributed by atoms with Crippen LogP contribution in [-0.2, 0) is 14.8 Å². The maximum atomic E-state index is 13.2. The van der Waals surface area contributed by atoms with Gasteiger partial charge in [-0.3, -0.25) is 4.79 Å². The molecule has 0 unspecified atom stereocenters. The molecule has 0 bridgehead atoms. The second kappa shape index (κ2) is 10.0. The molecule has 1 aliphatic rings. The Morgan fingerprint density at radius 2 is 1.81 bits per heavy atom. The molecule has 8 nitrogen and oxygen atoms in total. The molecule has 1 fully saturated rings. The van der Waals surface area contributed by atoms with Crippen LogP contribution in [-0.4, -0.2) is 52.5 Å². The van der Waals surface area contributed by atoms with E-state index in [9.17, 15) is 13.2 Å². The molecule has 1 atom stereocenters. The Hall–Kier alpha value is -2.78. The predicted octanol–water partition coefficient (Wildman–Crippen LogP) is 3.14. The summed E-state index contributed by atoms with van der Waals surface area (Å²) in [7, 11) is -0.824. The van der Waals surface area contributed by atoms with Crippen LogP contribution in [0.1, 0.15) is 19.8 Å². The molecule has 0 spiro atoms. The number of carbonyl (C=O) groups is 1. The number of sulfonamides is 1. The molecule has 31 heavy (non-hydrogen) atoms. The fraction of sp³-hybridized carbons (Fsp3) is 0.409. The summed E-state index contributed by atoms with van der Waals surface area (Å²) < 4.78 is 43.5. The second-order valence-electron chi connectivity index (χ2n) is 7.17. The van der Waals surface area contributed by atoms with Gasteiger partial charge in [0, 0.05) is 24.8 Å². The van der Waals surface area contributed by atoms with Crippen molar-refractivity contribution in [2.75, 3.05) is 39.2 Å². The van der Waals surface area contributed by atoms with Crippen molar-refractivity contribution < 1.29 is 27.4 Å². The lowest BCUT2D eigenvalue weighted by molar-refractivity contribution is -0.120. The van der Waals surface area contributed by atoms with E-state index in [1.807, 2.05) is 6.92 Å². The number of nitrogens with one attached hydrogen (secondary N) is 1. The molecule has 1 heterocycles. The maximum Gasteiger partial charge on any atom is 0.243 e. The van der Waals surface area contributed by atoms with Gasteiger partial charge in [0.2, 0.25) is 15.9 Å². The van der Waals surface area contributed by atoms with E-state index in [2.05, 4.69) is 5.32 Å². The summed E-state index contributed by atoms with van der Waals surface area (Å²) in [5.41, 5.74) is 0.647. The topological polar surface area (TPSA) is 94.2 Å². The SMILES string of the molecule is CCOc1ccc(NC(=O)[C@@H]2CCCN(S(=O)(=O)c3ccc(OC)c(OC)c3)C2)cc1. The summed E-state index contributed by atoms with van der Waals surface area (Å²) >= 11 is 0. The van der Waals surface area contributed by atoms with E-state index in [0.29, 0.717) is 43.2 Å². The fourth-order valence-electron chi connectivity index (χ4n) is 3.55. The van der Waals surface area contributed by atoms with Crippen molar-refractivity contribution in [2.24, 2.45) is 5.92 Å². The summed E-state index contributed by atoms with van der Waals surface area (Å²) in [5, 5.41) is 2.87. The van der Waals surface area contributed by atoms with E-state index in [4.69, 9.17) is 14.2 Å². The zero-order chi connectivity index (χ0) is 22.4. The molecule has 3 rings (SSSR count). The Kier molecular flexibility index (Phi) is 7.40. The number of benzene rings is 2. The summed E-state index contributed by atoms with van der Waals surface area (Å²) in [6.45, 7) is 2.96. The zero-order valence-electron chi connectivity index (χ0n) is 18.0. The molecule has 0 radical (unpaired) electrons. The monoisotopic (exact) mass is 448 g/mol. The van der Waals surface area contributed by atoms with Crippen LogP contribution in [0.5, 0.6) is 17.2 Å². The molecule has 2 aromatic carbocycles. The number of hydrogen-bond acceptors (Lipinski definition) is 6. The lowest BCUT2D eigenvalue weighted by atomic mass is 9.99. The number of methoxy groups -OCH3 is 2. The third-order valence-electron chi connectivity index (χ3n) is 5.18. The van der Waals surface area contributed by atoms with Gasteiger partial charge in [-0.1, -0.05) is 0 Å². The van der Waals surface area contributed by atoms with E-state index in [0.717, 1.165) is 5.75 Å². The van der Waals surface area contributed by atoms with Crippen molar-refractivity contribution in [3.05, 3.63) is 42.5 Å². The lowest BCUT2D eigenvalue weighted by Gasteiger charge is -2.31. The van der Waals surface area contributed by atoms with E-state index in [1.54, 1.807) is 30.3 Å². The van der Waals surface area contributed by atoms with Gasteiger partial charge in [0.15, 0.2) is 11.5 Å². The number of hydrogen-bond donors (Lipinski definition) is 1. The first-order valence-corrected chi connectivity index (χ1v) is 11.6. The molecule has 2 aromatic rings. The number of amides is 1. The van der Waals surface area contributed by atoms with Crippen molar-refractivity contribution in [2.45, 2.75) is 24.7 Å². The molecule has 1 aliphatic heterocycles. The van der Waals surface area contributed by atoms with Crippen molar-refractivity contribution in [1.82, 2.24) is 4.31 Å². The largest absolute Gasteiger partial charge is 0.494 e. The molecular formula is C22H28N2O6S. The van der Waals surface area contributed by atoms with Gasteiger partial charge in [0.25, 0.3) is 0 Å². The Labute approximate surface area is 183 Å². The van der Waals surface area contributed by atoms with Gasteiger partial charge in [0.05, 0.1) is 31.6 Å². The molecule has 168 valence electrons. The number of rotatable bonds is 8. The van der Waals surface area contributed by atoms with Crippen LogP contribution in [0.25, 0.3) is 0 Å². The van der Waals surface area contributed by atoms with Crippen molar-refractivity contribution >= 4 is 21.6 Å². The highest BCUT2D eigenvalue weighted by molar-refractivity contribution is 7.89. The Bertz CT molecular complexity index is 1010. The minimum atomic E-state index is -3.77. The van der Waals surface area contributed by atoms with E-state index >= 15 is 0 Å². The normalized spacial score (nSPS) is 17.1. The van der Waals surface area contributed by atoms with Gasteiger partial charge in [-0.25, -0.2) is 8.42 Å². The van der Waals surface area contributed by atoms with E-state index in [1.165, 1.54) is 30.7 Å². The van der Waals surface area contributed by atoms with Gasteiger partial charge in [-0.2, -0.15) is 4.31 Å². The van der Waals surface area contributed by atoms with Crippen LogP contribution in [0.2, 0.25) is 0 Å². The van der Waals surface area contributed by atoms with Gasteiger partial charge < -0.3 is 19.5 Å².